The first kappa shape index (κ1) is 20.4. The fourth-order valence-electron chi connectivity index (χ4n) is 3.98. The number of nitrogens with one attached hydrogen (secondary N) is 1. The molecule has 0 bridgehead atoms. The quantitative estimate of drug-likeness (QED) is 0.615. The van der Waals surface area contributed by atoms with Crippen LogP contribution in [0.15, 0.2) is 59.4 Å². The Labute approximate surface area is 180 Å². The molecule has 1 heterocycles. The number of hydrogen-bond donors (Lipinski definition) is 1. The first-order chi connectivity index (χ1) is 14.5. The Morgan fingerprint density at radius 2 is 1.70 bits per heavy atom. The molecule has 5 nitrogen and oxygen atoms in total. The van der Waals surface area contributed by atoms with E-state index in [0.717, 1.165) is 31.4 Å². The average molecular weight is 422 g/mol. The molecule has 0 atom stereocenters. The lowest BCUT2D eigenvalue weighted by molar-refractivity contribution is -0.120. The summed E-state index contributed by atoms with van der Waals surface area (Å²) in [7, 11) is 0. The van der Waals surface area contributed by atoms with E-state index in [1.165, 1.54) is 6.42 Å². The standard InChI is InChI=1S/C24H24ClN3O2/c1-16-22(29)21(17-12-14-19(25)15-13-17)23(26-24(30)18-8-4-2-5-9-18)28(27-16)20-10-6-3-7-11-20/h3,6-7,10-15,18H,2,4-5,8-9H2,1H3,(H,26,30). The molecule has 0 radical (unpaired) electrons. The minimum Gasteiger partial charge on any atom is -0.310 e. The lowest BCUT2D eigenvalue weighted by Gasteiger charge is -2.23. The molecule has 2 aromatic carbocycles. The lowest BCUT2D eigenvalue weighted by Crippen LogP contribution is -2.29. The van der Waals surface area contributed by atoms with Gasteiger partial charge in [0.15, 0.2) is 0 Å². The topological polar surface area (TPSA) is 64.0 Å². The van der Waals surface area contributed by atoms with Gasteiger partial charge in [-0.05, 0) is 49.6 Å². The molecule has 1 saturated carbocycles. The maximum absolute atomic E-state index is 13.2. The van der Waals surface area contributed by atoms with Crippen LogP contribution in [0, 0.1) is 12.8 Å². The third-order valence-electron chi connectivity index (χ3n) is 5.61. The Kier molecular flexibility index (Phi) is 6.00. The number of amides is 1. The second-order valence-corrected chi connectivity index (χ2v) is 8.15. The summed E-state index contributed by atoms with van der Waals surface area (Å²) in [6.45, 7) is 1.69. The normalized spacial score (nSPS) is 14.5. The summed E-state index contributed by atoms with van der Waals surface area (Å²) < 4.78 is 1.65. The van der Waals surface area contributed by atoms with Crippen LogP contribution in [0.5, 0.6) is 0 Å². The van der Waals surface area contributed by atoms with E-state index in [-0.39, 0.29) is 17.3 Å². The van der Waals surface area contributed by atoms with Crippen LogP contribution in [-0.2, 0) is 4.79 Å². The number of nitrogens with zero attached hydrogens (tertiary/aromatic N) is 2. The van der Waals surface area contributed by atoms with Crippen molar-refractivity contribution < 1.29 is 4.79 Å². The van der Waals surface area contributed by atoms with E-state index in [4.69, 9.17) is 11.6 Å². The molecule has 0 saturated heterocycles. The van der Waals surface area contributed by atoms with Crippen molar-refractivity contribution in [1.82, 2.24) is 9.78 Å². The largest absolute Gasteiger partial charge is 0.310 e. The first-order valence-corrected chi connectivity index (χ1v) is 10.7. The van der Waals surface area contributed by atoms with Gasteiger partial charge in [-0.2, -0.15) is 5.10 Å². The molecule has 1 amide bonds. The van der Waals surface area contributed by atoms with Gasteiger partial charge in [0.25, 0.3) is 0 Å². The zero-order valence-electron chi connectivity index (χ0n) is 16.9. The molecule has 0 spiro atoms. The zero-order chi connectivity index (χ0) is 21.1. The van der Waals surface area contributed by atoms with Crippen molar-refractivity contribution in [3.63, 3.8) is 0 Å². The Balaban J connectivity index is 1.89. The molecule has 3 aromatic rings. The van der Waals surface area contributed by atoms with E-state index in [1.807, 2.05) is 30.3 Å². The Morgan fingerprint density at radius 3 is 2.37 bits per heavy atom. The molecule has 1 aliphatic carbocycles. The summed E-state index contributed by atoms with van der Waals surface area (Å²) >= 11 is 6.06. The van der Waals surface area contributed by atoms with E-state index < -0.39 is 0 Å². The van der Waals surface area contributed by atoms with Crippen LogP contribution < -0.4 is 10.7 Å². The van der Waals surface area contributed by atoms with Gasteiger partial charge >= 0.3 is 0 Å². The Bertz CT molecular complexity index is 1100. The minimum absolute atomic E-state index is 0.0440. The van der Waals surface area contributed by atoms with Gasteiger partial charge in [-0.3, -0.25) is 9.59 Å². The number of hydrogen-bond acceptors (Lipinski definition) is 3. The SMILES string of the molecule is Cc1nn(-c2ccccc2)c(NC(=O)C2CCCCC2)c(-c2ccc(Cl)cc2)c1=O. The summed E-state index contributed by atoms with van der Waals surface area (Å²) in [6.07, 6.45) is 5.02. The van der Waals surface area contributed by atoms with E-state index in [2.05, 4.69) is 10.4 Å². The predicted molar refractivity (Wildman–Crippen MR) is 120 cm³/mol. The summed E-state index contributed by atoms with van der Waals surface area (Å²) in [5, 5.41) is 8.15. The van der Waals surface area contributed by atoms with Crippen molar-refractivity contribution in [3.8, 4) is 16.8 Å². The van der Waals surface area contributed by atoms with Crippen molar-refractivity contribution in [3.05, 3.63) is 75.5 Å². The van der Waals surface area contributed by atoms with Crippen LogP contribution >= 0.6 is 11.6 Å². The molecule has 1 fully saturated rings. The molecule has 6 heteroatoms. The van der Waals surface area contributed by atoms with E-state index in [0.29, 0.717) is 27.7 Å². The molecule has 4 rings (SSSR count). The van der Waals surface area contributed by atoms with Crippen molar-refractivity contribution in [2.24, 2.45) is 5.92 Å². The van der Waals surface area contributed by atoms with Crippen LogP contribution in [0.1, 0.15) is 37.8 Å². The third kappa shape index (κ3) is 4.17. The van der Waals surface area contributed by atoms with Crippen molar-refractivity contribution in [2.45, 2.75) is 39.0 Å². The number of aromatic nitrogens is 2. The van der Waals surface area contributed by atoms with Gasteiger partial charge in [0, 0.05) is 10.9 Å². The van der Waals surface area contributed by atoms with Gasteiger partial charge in [-0.1, -0.05) is 61.2 Å². The highest BCUT2D eigenvalue weighted by Gasteiger charge is 2.25. The van der Waals surface area contributed by atoms with Crippen LogP contribution in [-0.4, -0.2) is 15.7 Å². The van der Waals surface area contributed by atoms with Crippen molar-refractivity contribution in [2.75, 3.05) is 5.32 Å². The number of anilines is 1. The number of carbonyl (C=O) groups excluding carboxylic acids is 1. The number of para-hydroxylation sites is 1. The number of carbonyl (C=O) groups is 1. The molecule has 1 aromatic heterocycles. The van der Waals surface area contributed by atoms with Gasteiger partial charge in [-0.25, -0.2) is 4.68 Å². The van der Waals surface area contributed by atoms with Gasteiger partial charge in [0.05, 0.1) is 11.3 Å². The number of aryl methyl sites for hydroxylation is 1. The first-order valence-electron chi connectivity index (χ1n) is 10.3. The second-order valence-electron chi connectivity index (χ2n) is 7.72. The molecule has 0 unspecified atom stereocenters. The number of halogens is 1. The maximum Gasteiger partial charge on any atom is 0.228 e. The predicted octanol–water partition coefficient (Wildman–Crippen LogP) is 5.38. The highest BCUT2D eigenvalue weighted by atomic mass is 35.5. The molecule has 1 aliphatic rings. The van der Waals surface area contributed by atoms with Gasteiger partial charge in [-0.15, -0.1) is 0 Å². The highest BCUT2D eigenvalue weighted by molar-refractivity contribution is 6.30. The van der Waals surface area contributed by atoms with Crippen molar-refractivity contribution in [1.29, 1.82) is 0 Å². The van der Waals surface area contributed by atoms with Crippen LogP contribution in [0.4, 0.5) is 5.82 Å². The third-order valence-corrected chi connectivity index (χ3v) is 5.86. The van der Waals surface area contributed by atoms with E-state index >= 15 is 0 Å². The summed E-state index contributed by atoms with van der Waals surface area (Å²) in [4.78, 5) is 26.3. The molecular formula is C24H24ClN3O2. The lowest BCUT2D eigenvalue weighted by atomic mass is 9.88. The smallest absolute Gasteiger partial charge is 0.228 e. The molecule has 0 aliphatic heterocycles. The molecular weight excluding hydrogens is 398 g/mol. The van der Waals surface area contributed by atoms with E-state index in [9.17, 15) is 9.59 Å². The van der Waals surface area contributed by atoms with Crippen LogP contribution in [0.3, 0.4) is 0 Å². The number of rotatable bonds is 4. The number of benzene rings is 2. The molecule has 30 heavy (non-hydrogen) atoms. The van der Waals surface area contributed by atoms with Gasteiger partial charge in [0.2, 0.25) is 11.3 Å². The Morgan fingerprint density at radius 1 is 1.03 bits per heavy atom. The summed E-state index contributed by atoms with van der Waals surface area (Å²) in [6, 6.07) is 16.6. The summed E-state index contributed by atoms with van der Waals surface area (Å²) in [5.41, 5.74) is 2.04. The average Bonchev–Trinajstić information content (AvgIpc) is 2.78. The van der Waals surface area contributed by atoms with Crippen molar-refractivity contribution >= 4 is 23.3 Å². The second kappa shape index (κ2) is 8.84. The summed E-state index contributed by atoms with van der Waals surface area (Å²) in [5.74, 6) is 0.298. The van der Waals surface area contributed by atoms with Crippen LogP contribution in [0.25, 0.3) is 16.8 Å². The monoisotopic (exact) mass is 421 g/mol. The fourth-order valence-corrected chi connectivity index (χ4v) is 4.11. The molecule has 1 N–H and O–H groups in total. The zero-order valence-corrected chi connectivity index (χ0v) is 17.7. The fraction of sp³-hybridized carbons (Fsp3) is 0.292. The van der Waals surface area contributed by atoms with E-state index in [1.54, 1.807) is 35.9 Å². The Hall–Kier alpha value is -2.92. The highest BCUT2D eigenvalue weighted by Crippen LogP contribution is 2.30. The maximum atomic E-state index is 13.2. The minimum atomic E-state index is -0.205. The van der Waals surface area contributed by atoms with Gasteiger partial charge < -0.3 is 5.32 Å². The molecule has 154 valence electrons. The van der Waals surface area contributed by atoms with Crippen LogP contribution in [0.2, 0.25) is 5.02 Å². The van der Waals surface area contributed by atoms with Gasteiger partial charge in [0.1, 0.15) is 11.5 Å².